The predicted octanol–water partition coefficient (Wildman–Crippen LogP) is 19.9. The molecule has 2 heterocycles. The lowest BCUT2D eigenvalue weighted by Crippen LogP contribution is -2.19. The van der Waals surface area contributed by atoms with E-state index in [0.717, 1.165) is 38.6 Å². The molecule has 4 aliphatic rings. The molecule has 0 saturated heterocycles. The number of fused-ring (bicyclic) bond motifs is 12. The molecular formula is C72H74N2. The van der Waals surface area contributed by atoms with Gasteiger partial charge in [-0.05, 0) is 209 Å². The summed E-state index contributed by atoms with van der Waals surface area (Å²) in [6, 6.07) is 44.6. The van der Waals surface area contributed by atoms with Gasteiger partial charge in [0.15, 0.2) is 0 Å². The fraction of sp³-hybridized carbons (Fsp3) is 0.306. The Labute approximate surface area is 441 Å². The number of nitrogens with zero attached hydrogens (tertiary/aromatic N) is 2. The van der Waals surface area contributed by atoms with Crippen molar-refractivity contribution in [2.24, 2.45) is 5.92 Å². The molecule has 2 atom stereocenters. The van der Waals surface area contributed by atoms with E-state index in [9.17, 15) is 0 Å². The van der Waals surface area contributed by atoms with E-state index in [-0.39, 0.29) is 10.8 Å². The van der Waals surface area contributed by atoms with Gasteiger partial charge in [0, 0.05) is 56.7 Å². The van der Waals surface area contributed by atoms with Crippen LogP contribution in [0.25, 0.3) is 84.2 Å². The fourth-order valence-electron chi connectivity index (χ4n) is 14.1. The summed E-state index contributed by atoms with van der Waals surface area (Å²) >= 11 is 0. The second-order valence-electron chi connectivity index (χ2n) is 22.7. The third-order valence-corrected chi connectivity index (χ3v) is 18.5. The number of benzene rings is 6. The van der Waals surface area contributed by atoms with Crippen molar-refractivity contribution in [3.8, 4) is 50.2 Å². The number of hydrogen-bond acceptors (Lipinski definition) is 0. The molecule has 8 aromatic rings. The van der Waals surface area contributed by atoms with Gasteiger partial charge in [-0.1, -0.05) is 163 Å². The van der Waals surface area contributed by atoms with E-state index < -0.39 is 0 Å². The maximum absolute atomic E-state index is 2.63. The van der Waals surface area contributed by atoms with Crippen LogP contribution < -0.4 is 0 Å². The van der Waals surface area contributed by atoms with Crippen LogP contribution >= 0.6 is 0 Å². The average Bonchev–Trinajstić information content (AvgIpc) is 4.10. The number of rotatable bonds is 12. The molecule has 2 heteroatoms. The first-order valence-electron chi connectivity index (χ1n) is 28.2. The van der Waals surface area contributed by atoms with Crippen LogP contribution in [-0.4, -0.2) is 9.13 Å². The predicted molar refractivity (Wildman–Crippen MR) is 319 cm³/mol. The Bertz CT molecular complexity index is 3700. The Morgan fingerprint density at radius 3 is 2.08 bits per heavy atom. The standard InChI is InChI=1S/C72H74N2/c1-10-14-28-63-55(12-3)69-65(73(63)43-42-46(5)47(6)54(11-2)50-25-19-16-20-26-50)40-39-60-68(69)57-37-33-52(45-62(57)72(60,9)13-4)51-32-36-56-61(44-51)71(7,8)59-38-41-66-70(67(56)59)58-27-21-22-29-64(58)74(66)53-34-30-49(31-35-53)48-23-17-15-18-24-48/h11,14-15,17-18,22-25,28-42,44-45,47H,10,12-13,16,19-21,26-27,43H2,1-9H3/b28-14-,46-42+,54-11+. The lowest BCUT2D eigenvalue weighted by atomic mass is 9.77. The quantitative estimate of drug-likeness (QED) is 0.108. The van der Waals surface area contributed by atoms with Gasteiger partial charge in [0.05, 0.1) is 5.52 Å². The van der Waals surface area contributed by atoms with E-state index in [1.54, 1.807) is 5.57 Å². The summed E-state index contributed by atoms with van der Waals surface area (Å²) in [5.41, 5.74) is 30.4. The highest BCUT2D eigenvalue weighted by Crippen LogP contribution is 2.57. The van der Waals surface area contributed by atoms with Crippen LogP contribution in [0.15, 0.2) is 162 Å². The summed E-state index contributed by atoms with van der Waals surface area (Å²) < 4.78 is 5.15. The monoisotopic (exact) mass is 967 g/mol. The highest BCUT2D eigenvalue weighted by Gasteiger charge is 2.42. The van der Waals surface area contributed by atoms with Crippen LogP contribution in [-0.2, 0) is 30.2 Å². The first-order chi connectivity index (χ1) is 36.0. The van der Waals surface area contributed by atoms with Gasteiger partial charge in [0.2, 0.25) is 0 Å². The molecule has 2 unspecified atom stereocenters. The van der Waals surface area contributed by atoms with Crippen LogP contribution in [0.2, 0.25) is 0 Å². The molecule has 0 radical (unpaired) electrons. The average molecular weight is 967 g/mol. The Morgan fingerprint density at radius 2 is 1.38 bits per heavy atom. The molecule has 0 aliphatic heterocycles. The van der Waals surface area contributed by atoms with Gasteiger partial charge in [-0.3, -0.25) is 0 Å². The van der Waals surface area contributed by atoms with Crippen molar-refractivity contribution < 1.29 is 0 Å². The zero-order valence-corrected chi connectivity index (χ0v) is 45.6. The fourth-order valence-corrected chi connectivity index (χ4v) is 14.1. The Morgan fingerprint density at radius 1 is 0.689 bits per heavy atom. The van der Waals surface area contributed by atoms with E-state index in [1.807, 2.05) is 0 Å². The number of hydrogen-bond donors (Lipinski definition) is 0. The smallest absolute Gasteiger partial charge is 0.0544 e. The van der Waals surface area contributed by atoms with E-state index in [0.29, 0.717) is 5.92 Å². The zero-order valence-electron chi connectivity index (χ0n) is 45.6. The maximum atomic E-state index is 2.63. The van der Waals surface area contributed by atoms with Crippen LogP contribution in [0.4, 0.5) is 0 Å². The van der Waals surface area contributed by atoms with Crippen LogP contribution in [0, 0.1) is 5.92 Å². The van der Waals surface area contributed by atoms with E-state index in [4.69, 9.17) is 0 Å². The molecule has 2 nitrogen and oxygen atoms in total. The zero-order chi connectivity index (χ0) is 51.0. The van der Waals surface area contributed by atoms with Crippen LogP contribution in [0.3, 0.4) is 0 Å². The molecule has 0 bridgehead atoms. The van der Waals surface area contributed by atoms with Crippen molar-refractivity contribution in [3.63, 3.8) is 0 Å². The lowest BCUT2D eigenvalue weighted by Gasteiger charge is -2.26. The maximum Gasteiger partial charge on any atom is 0.0544 e. The molecule has 0 saturated carbocycles. The molecule has 372 valence electrons. The van der Waals surface area contributed by atoms with Gasteiger partial charge in [-0.25, -0.2) is 0 Å². The van der Waals surface area contributed by atoms with E-state index in [1.165, 1.54) is 154 Å². The summed E-state index contributed by atoms with van der Waals surface area (Å²) in [4.78, 5) is 0. The second kappa shape index (κ2) is 18.8. The first kappa shape index (κ1) is 48.1. The van der Waals surface area contributed by atoms with Gasteiger partial charge < -0.3 is 9.13 Å². The molecule has 0 amide bonds. The Balaban J connectivity index is 0.940. The van der Waals surface area contributed by atoms with Gasteiger partial charge in [-0.2, -0.15) is 0 Å². The molecular weight excluding hydrogens is 893 g/mol. The highest BCUT2D eigenvalue weighted by atomic mass is 15.0. The summed E-state index contributed by atoms with van der Waals surface area (Å²) in [6.07, 6.45) is 27.1. The minimum Gasteiger partial charge on any atom is -0.337 e. The molecule has 4 aliphatic carbocycles. The van der Waals surface area contributed by atoms with Crippen LogP contribution in [0.5, 0.6) is 0 Å². The van der Waals surface area contributed by atoms with Gasteiger partial charge in [0.25, 0.3) is 0 Å². The number of aryl methyl sites for hydroxylation is 2. The third-order valence-electron chi connectivity index (χ3n) is 18.5. The SMILES string of the molecule is C/C=C(/C1=CCCCC1)C(C)/C(C)=C/Cn1c(/C=C\CC)c(CC)c2c3c(ccc21)C(C)(CC)c1cc(-c2ccc4c(c2)C(C)(C)c2ccc5c(c6c(n5-c5ccc(-c7ccccc7)cc5)C=CCC6)c2-4)ccc1-3. The highest BCUT2D eigenvalue weighted by molar-refractivity contribution is 6.08. The van der Waals surface area contributed by atoms with Crippen molar-refractivity contribution in [1.82, 2.24) is 9.13 Å². The number of aromatic nitrogens is 2. The molecule has 0 fully saturated rings. The summed E-state index contributed by atoms with van der Waals surface area (Å²) in [6.45, 7) is 22.3. The topological polar surface area (TPSA) is 9.86 Å². The minimum absolute atomic E-state index is 0.107. The summed E-state index contributed by atoms with van der Waals surface area (Å²) in [7, 11) is 0. The normalized spacial score (nSPS) is 18.2. The van der Waals surface area contributed by atoms with Gasteiger partial charge in [-0.15, -0.1) is 0 Å². The molecule has 12 rings (SSSR count). The third kappa shape index (κ3) is 7.40. The molecule has 0 spiro atoms. The van der Waals surface area contributed by atoms with Crippen LogP contribution in [0.1, 0.15) is 152 Å². The van der Waals surface area contributed by atoms with E-state index in [2.05, 4.69) is 229 Å². The largest absolute Gasteiger partial charge is 0.337 e. The molecule has 2 aromatic heterocycles. The van der Waals surface area contributed by atoms with Crippen molar-refractivity contribution >= 4 is 34.0 Å². The second-order valence-corrected chi connectivity index (χ2v) is 22.7. The molecule has 6 aromatic carbocycles. The summed E-state index contributed by atoms with van der Waals surface area (Å²) in [5.74, 6) is 0.399. The van der Waals surface area contributed by atoms with Crippen molar-refractivity contribution in [2.45, 2.75) is 137 Å². The van der Waals surface area contributed by atoms with Crippen molar-refractivity contribution in [2.75, 3.05) is 0 Å². The van der Waals surface area contributed by atoms with Crippen molar-refractivity contribution in [3.05, 3.63) is 207 Å². The molecule has 74 heavy (non-hydrogen) atoms. The molecule has 0 N–H and O–H groups in total. The Hall–Kier alpha value is -6.90. The lowest BCUT2D eigenvalue weighted by molar-refractivity contribution is 0.565. The van der Waals surface area contributed by atoms with Gasteiger partial charge in [0.1, 0.15) is 0 Å². The van der Waals surface area contributed by atoms with Crippen molar-refractivity contribution in [1.29, 1.82) is 0 Å². The first-order valence-corrected chi connectivity index (χ1v) is 28.2. The minimum atomic E-state index is -0.149. The summed E-state index contributed by atoms with van der Waals surface area (Å²) in [5, 5.41) is 2.88. The Kier molecular flexibility index (Phi) is 12.2. The number of allylic oxidation sites excluding steroid dienone is 8. The van der Waals surface area contributed by atoms with E-state index >= 15 is 0 Å². The van der Waals surface area contributed by atoms with Gasteiger partial charge >= 0.3 is 0 Å².